The molecule has 0 atom stereocenters. The van der Waals surface area contributed by atoms with Gasteiger partial charge < -0.3 is 9.73 Å². The lowest BCUT2D eigenvalue weighted by atomic mass is 10.1. The maximum absolute atomic E-state index is 14.0. The van der Waals surface area contributed by atoms with E-state index in [9.17, 15) is 18.4 Å². The molecule has 1 heterocycles. The molecule has 138 valence electrons. The molecular weight excluding hydrogens is 364 g/mol. The van der Waals surface area contributed by atoms with Gasteiger partial charge in [-0.3, -0.25) is 9.59 Å². The summed E-state index contributed by atoms with van der Waals surface area (Å²) in [6.07, 6.45) is 0. The number of halogens is 2. The van der Waals surface area contributed by atoms with E-state index in [1.807, 2.05) is 0 Å². The molecular formula is C22H13F2NO3. The summed E-state index contributed by atoms with van der Waals surface area (Å²) in [7, 11) is 0. The highest BCUT2D eigenvalue weighted by Crippen LogP contribution is 2.26. The fraction of sp³-hybridized carbons (Fsp3) is 0. The van der Waals surface area contributed by atoms with Crippen molar-refractivity contribution >= 4 is 22.6 Å². The molecule has 1 N–H and O–H groups in total. The monoisotopic (exact) mass is 377 g/mol. The third-order valence-electron chi connectivity index (χ3n) is 4.23. The Labute approximate surface area is 158 Å². The van der Waals surface area contributed by atoms with Gasteiger partial charge in [0.1, 0.15) is 23.0 Å². The Morgan fingerprint density at radius 2 is 1.64 bits per heavy atom. The molecule has 0 fully saturated rings. The van der Waals surface area contributed by atoms with Crippen molar-refractivity contribution < 1.29 is 18.0 Å². The number of rotatable bonds is 3. The first-order chi connectivity index (χ1) is 13.5. The predicted octanol–water partition coefficient (Wildman–Crippen LogP) is 4.99. The normalized spacial score (nSPS) is 10.8. The topological polar surface area (TPSA) is 59.3 Å². The first-order valence-corrected chi connectivity index (χ1v) is 8.41. The quantitative estimate of drug-likeness (QED) is 0.547. The highest BCUT2D eigenvalue weighted by molar-refractivity contribution is 6.05. The maximum atomic E-state index is 14.0. The first-order valence-electron chi connectivity index (χ1n) is 8.41. The van der Waals surface area contributed by atoms with Crippen molar-refractivity contribution in [1.29, 1.82) is 0 Å². The van der Waals surface area contributed by atoms with Crippen LogP contribution in [0.1, 0.15) is 10.4 Å². The summed E-state index contributed by atoms with van der Waals surface area (Å²) in [6.45, 7) is 0. The Morgan fingerprint density at radius 3 is 2.39 bits per heavy atom. The highest BCUT2D eigenvalue weighted by atomic mass is 19.1. The molecule has 6 heteroatoms. The van der Waals surface area contributed by atoms with Crippen molar-refractivity contribution in [2.24, 2.45) is 0 Å². The zero-order chi connectivity index (χ0) is 19.7. The van der Waals surface area contributed by atoms with Crippen molar-refractivity contribution in [2.45, 2.75) is 0 Å². The van der Waals surface area contributed by atoms with Gasteiger partial charge in [-0.2, -0.15) is 0 Å². The van der Waals surface area contributed by atoms with Crippen LogP contribution in [0.25, 0.3) is 22.3 Å². The summed E-state index contributed by atoms with van der Waals surface area (Å²) in [6, 6.07) is 16.9. The Hall–Kier alpha value is -3.80. The molecule has 0 unspecified atom stereocenters. The van der Waals surface area contributed by atoms with Crippen LogP contribution in [0.5, 0.6) is 0 Å². The summed E-state index contributed by atoms with van der Waals surface area (Å²) in [5, 5.41) is 2.90. The minimum Gasteiger partial charge on any atom is -0.456 e. The van der Waals surface area contributed by atoms with Crippen molar-refractivity contribution in [3.63, 3.8) is 0 Å². The van der Waals surface area contributed by atoms with Crippen LogP contribution in [-0.4, -0.2) is 5.91 Å². The first kappa shape index (κ1) is 17.6. The van der Waals surface area contributed by atoms with Gasteiger partial charge in [0, 0.05) is 17.3 Å². The Bertz CT molecular complexity index is 1250. The number of amides is 1. The molecule has 28 heavy (non-hydrogen) atoms. The van der Waals surface area contributed by atoms with Gasteiger partial charge in [0.15, 0.2) is 5.43 Å². The SMILES string of the molecule is O=C(Nc1ccc2oc(-c3ccccc3F)cc(=O)c2c1)c1ccc(F)cc1. The molecule has 0 aliphatic heterocycles. The van der Waals surface area contributed by atoms with E-state index in [2.05, 4.69) is 5.32 Å². The maximum Gasteiger partial charge on any atom is 0.255 e. The van der Waals surface area contributed by atoms with Crippen LogP contribution >= 0.6 is 0 Å². The second-order valence-electron chi connectivity index (χ2n) is 6.13. The van der Waals surface area contributed by atoms with E-state index in [1.165, 1.54) is 54.6 Å². The molecule has 0 radical (unpaired) electrons. The molecule has 4 aromatic rings. The summed E-state index contributed by atoms with van der Waals surface area (Å²) in [4.78, 5) is 24.7. The summed E-state index contributed by atoms with van der Waals surface area (Å²) in [5.74, 6) is -1.25. The second kappa shape index (κ2) is 7.08. The number of benzene rings is 3. The van der Waals surface area contributed by atoms with Gasteiger partial charge in [0.05, 0.1) is 10.9 Å². The minimum absolute atomic E-state index is 0.124. The zero-order valence-corrected chi connectivity index (χ0v) is 14.4. The molecule has 0 saturated heterocycles. The molecule has 0 aliphatic rings. The molecule has 4 rings (SSSR count). The van der Waals surface area contributed by atoms with Gasteiger partial charge in [0.2, 0.25) is 0 Å². The number of anilines is 1. The summed E-state index contributed by atoms with van der Waals surface area (Å²) < 4.78 is 32.6. The standard InChI is InChI=1S/C22H13F2NO3/c23-14-7-5-13(6-8-14)22(27)25-15-9-10-20-17(11-15)19(26)12-21(28-20)16-3-1-2-4-18(16)24/h1-12H,(H,25,27). The van der Waals surface area contributed by atoms with Crippen molar-refractivity contribution in [2.75, 3.05) is 5.32 Å². The molecule has 1 amide bonds. The predicted molar refractivity (Wildman–Crippen MR) is 102 cm³/mol. The fourth-order valence-corrected chi connectivity index (χ4v) is 2.83. The van der Waals surface area contributed by atoms with E-state index < -0.39 is 17.5 Å². The van der Waals surface area contributed by atoms with Gasteiger partial charge in [0.25, 0.3) is 5.91 Å². The van der Waals surface area contributed by atoms with E-state index in [0.29, 0.717) is 5.69 Å². The van der Waals surface area contributed by atoms with Crippen LogP contribution in [-0.2, 0) is 0 Å². The van der Waals surface area contributed by atoms with Crippen LogP contribution in [0.3, 0.4) is 0 Å². The minimum atomic E-state index is -0.492. The summed E-state index contributed by atoms with van der Waals surface area (Å²) >= 11 is 0. The average Bonchev–Trinajstić information content (AvgIpc) is 2.69. The van der Waals surface area contributed by atoms with E-state index in [0.717, 1.165) is 0 Å². The van der Waals surface area contributed by atoms with Crippen LogP contribution in [0.15, 0.2) is 82.0 Å². The van der Waals surface area contributed by atoms with Gasteiger partial charge in [-0.05, 0) is 54.6 Å². The molecule has 0 aliphatic carbocycles. The number of nitrogens with one attached hydrogen (secondary N) is 1. The molecule has 1 aromatic heterocycles. The third kappa shape index (κ3) is 3.40. The lowest BCUT2D eigenvalue weighted by Gasteiger charge is -2.08. The third-order valence-corrected chi connectivity index (χ3v) is 4.23. The van der Waals surface area contributed by atoms with Gasteiger partial charge in [-0.25, -0.2) is 8.78 Å². The Kier molecular flexibility index (Phi) is 4.45. The Balaban J connectivity index is 1.68. The van der Waals surface area contributed by atoms with E-state index in [4.69, 9.17) is 4.42 Å². The molecule has 0 spiro atoms. The Morgan fingerprint density at radius 1 is 0.893 bits per heavy atom. The zero-order valence-electron chi connectivity index (χ0n) is 14.4. The molecule has 0 bridgehead atoms. The molecule has 0 saturated carbocycles. The molecule has 3 aromatic carbocycles. The van der Waals surface area contributed by atoms with Crippen molar-refractivity contribution in [1.82, 2.24) is 0 Å². The van der Waals surface area contributed by atoms with Crippen LogP contribution < -0.4 is 10.7 Å². The second-order valence-corrected chi connectivity index (χ2v) is 6.13. The average molecular weight is 377 g/mol. The van der Waals surface area contributed by atoms with Crippen LogP contribution in [0.2, 0.25) is 0 Å². The summed E-state index contributed by atoms with van der Waals surface area (Å²) in [5.41, 5.74) is 0.759. The van der Waals surface area contributed by atoms with Gasteiger partial charge >= 0.3 is 0 Å². The van der Waals surface area contributed by atoms with E-state index in [-0.39, 0.29) is 33.3 Å². The number of carbonyl (C=O) groups excluding carboxylic acids is 1. The van der Waals surface area contributed by atoms with Crippen LogP contribution in [0.4, 0.5) is 14.5 Å². The number of hydrogen-bond acceptors (Lipinski definition) is 3. The van der Waals surface area contributed by atoms with Gasteiger partial charge in [-0.15, -0.1) is 0 Å². The van der Waals surface area contributed by atoms with Crippen LogP contribution in [0, 0.1) is 11.6 Å². The molecule has 4 nitrogen and oxygen atoms in total. The van der Waals surface area contributed by atoms with Gasteiger partial charge in [-0.1, -0.05) is 12.1 Å². The number of hydrogen-bond donors (Lipinski definition) is 1. The smallest absolute Gasteiger partial charge is 0.255 e. The number of carbonyl (C=O) groups is 1. The lowest BCUT2D eigenvalue weighted by molar-refractivity contribution is 0.102. The van der Waals surface area contributed by atoms with E-state index >= 15 is 0 Å². The highest BCUT2D eigenvalue weighted by Gasteiger charge is 2.12. The fourth-order valence-electron chi connectivity index (χ4n) is 2.83. The van der Waals surface area contributed by atoms with Crippen molar-refractivity contribution in [3.05, 3.63) is 100 Å². The number of fused-ring (bicyclic) bond motifs is 1. The largest absolute Gasteiger partial charge is 0.456 e. The van der Waals surface area contributed by atoms with E-state index in [1.54, 1.807) is 18.2 Å². The lowest BCUT2D eigenvalue weighted by Crippen LogP contribution is -2.12. The van der Waals surface area contributed by atoms with Crippen molar-refractivity contribution in [3.8, 4) is 11.3 Å².